The molecule has 0 radical (unpaired) electrons. The van der Waals surface area contributed by atoms with Gasteiger partial charge in [-0.05, 0) is 12.8 Å². The molecular weight excluding hydrogens is 209 g/mol. The lowest BCUT2D eigenvalue weighted by atomic mass is 10.2. The predicted molar refractivity (Wildman–Crippen MR) is 60.9 cm³/mol. The maximum absolute atomic E-state index is 13.8. The van der Waals surface area contributed by atoms with E-state index in [1.54, 1.807) is 7.11 Å². The molecule has 1 atom stereocenters. The number of aryl methyl sites for hydroxylation is 1. The Morgan fingerprint density at radius 2 is 2.19 bits per heavy atom. The Hall–Kier alpha value is -1.23. The smallest absolute Gasteiger partial charge is 0.186 e. The molecule has 0 spiro atoms. The maximum Gasteiger partial charge on any atom is 0.186 e. The number of methoxy groups -OCH3 is 1. The molecule has 0 aromatic carbocycles. The van der Waals surface area contributed by atoms with Gasteiger partial charge in [-0.1, -0.05) is 13.8 Å². The Bertz CT molecular complexity index is 333. The Morgan fingerprint density at radius 1 is 1.44 bits per heavy atom. The van der Waals surface area contributed by atoms with Crippen molar-refractivity contribution < 1.29 is 9.13 Å². The minimum atomic E-state index is -0.362. The van der Waals surface area contributed by atoms with E-state index in [9.17, 15) is 4.39 Å². The summed E-state index contributed by atoms with van der Waals surface area (Å²) in [6.07, 6.45) is 2.78. The minimum absolute atomic E-state index is 0.0686. The van der Waals surface area contributed by atoms with Crippen LogP contribution in [0.2, 0.25) is 0 Å². The Kier molecular flexibility index (Phi) is 5.11. The molecule has 16 heavy (non-hydrogen) atoms. The van der Waals surface area contributed by atoms with Crippen molar-refractivity contribution in [1.82, 2.24) is 9.97 Å². The predicted octanol–water partition coefficient (Wildman–Crippen LogP) is 2.01. The highest BCUT2D eigenvalue weighted by atomic mass is 19.1. The molecule has 90 valence electrons. The second-order valence-electron chi connectivity index (χ2n) is 3.54. The highest BCUT2D eigenvalue weighted by molar-refractivity contribution is 5.38. The lowest BCUT2D eigenvalue weighted by molar-refractivity contribution is 0.184. The molecule has 5 heteroatoms. The number of aromatic nitrogens is 2. The van der Waals surface area contributed by atoms with Crippen molar-refractivity contribution in [2.45, 2.75) is 32.7 Å². The van der Waals surface area contributed by atoms with Gasteiger partial charge in [0.2, 0.25) is 0 Å². The third-order valence-electron chi connectivity index (χ3n) is 2.40. The zero-order valence-corrected chi connectivity index (χ0v) is 9.96. The number of hydrogen-bond acceptors (Lipinski definition) is 4. The SMILES string of the molecule is CCc1ncnc(NC(CC)COC)c1F. The Balaban J connectivity index is 2.79. The number of nitrogens with one attached hydrogen (secondary N) is 1. The number of rotatable bonds is 6. The molecule has 0 aliphatic rings. The quantitative estimate of drug-likeness (QED) is 0.807. The van der Waals surface area contributed by atoms with Crippen molar-refractivity contribution in [1.29, 1.82) is 0 Å². The average Bonchev–Trinajstić information content (AvgIpc) is 2.31. The van der Waals surface area contributed by atoms with E-state index in [-0.39, 0.29) is 17.7 Å². The van der Waals surface area contributed by atoms with Crippen molar-refractivity contribution in [3.8, 4) is 0 Å². The van der Waals surface area contributed by atoms with E-state index < -0.39 is 0 Å². The molecule has 1 aromatic heterocycles. The summed E-state index contributed by atoms with van der Waals surface area (Å²) in [6, 6.07) is 0.0686. The van der Waals surface area contributed by atoms with E-state index >= 15 is 0 Å². The molecule has 4 nitrogen and oxygen atoms in total. The second-order valence-corrected chi connectivity index (χ2v) is 3.54. The van der Waals surface area contributed by atoms with Gasteiger partial charge < -0.3 is 10.1 Å². The van der Waals surface area contributed by atoms with Crippen molar-refractivity contribution in [3.05, 3.63) is 17.8 Å². The summed E-state index contributed by atoms with van der Waals surface area (Å²) in [4.78, 5) is 7.78. The monoisotopic (exact) mass is 227 g/mol. The summed E-state index contributed by atoms with van der Waals surface area (Å²) >= 11 is 0. The first-order valence-corrected chi connectivity index (χ1v) is 5.47. The molecule has 1 rings (SSSR count). The number of hydrogen-bond donors (Lipinski definition) is 1. The van der Waals surface area contributed by atoms with Crippen LogP contribution in [0, 0.1) is 5.82 Å². The van der Waals surface area contributed by atoms with Crippen LogP contribution >= 0.6 is 0 Å². The molecule has 1 heterocycles. The van der Waals surface area contributed by atoms with Gasteiger partial charge in [0, 0.05) is 7.11 Å². The number of halogens is 1. The summed E-state index contributed by atoms with van der Waals surface area (Å²) in [5.74, 6) is -0.102. The second kappa shape index (κ2) is 6.37. The van der Waals surface area contributed by atoms with Crippen molar-refractivity contribution in [2.24, 2.45) is 0 Å². The summed E-state index contributed by atoms with van der Waals surface area (Å²) < 4.78 is 18.8. The molecular formula is C11H18FN3O. The van der Waals surface area contributed by atoms with Crippen LogP contribution < -0.4 is 5.32 Å². The summed E-state index contributed by atoms with van der Waals surface area (Å²) in [5.41, 5.74) is 0.435. The van der Waals surface area contributed by atoms with Crippen molar-refractivity contribution in [3.63, 3.8) is 0 Å². The highest BCUT2D eigenvalue weighted by Crippen LogP contribution is 2.14. The van der Waals surface area contributed by atoms with Crippen LogP contribution in [-0.4, -0.2) is 29.7 Å². The zero-order chi connectivity index (χ0) is 12.0. The molecule has 1 aromatic rings. The van der Waals surface area contributed by atoms with Crippen molar-refractivity contribution >= 4 is 5.82 Å². The molecule has 1 unspecified atom stereocenters. The number of ether oxygens (including phenoxy) is 1. The molecule has 0 aliphatic carbocycles. The van der Waals surface area contributed by atoms with E-state index in [1.807, 2.05) is 13.8 Å². The van der Waals surface area contributed by atoms with Gasteiger partial charge in [-0.3, -0.25) is 0 Å². The van der Waals surface area contributed by atoms with Crippen LogP contribution in [-0.2, 0) is 11.2 Å². The van der Waals surface area contributed by atoms with Crippen LogP contribution in [0.5, 0.6) is 0 Å². The van der Waals surface area contributed by atoms with Crippen LogP contribution in [0.1, 0.15) is 26.0 Å². The zero-order valence-electron chi connectivity index (χ0n) is 9.96. The van der Waals surface area contributed by atoms with Gasteiger partial charge in [0.25, 0.3) is 0 Å². The van der Waals surface area contributed by atoms with E-state index in [2.05, 4.69) is 15.3 Å². The topological polar surface area (TPSA) is 47.0 Å². The summed E-state index contributed by atoms with van der Waals surface area (Å²) in [6.45, 7) is 4.40. The van der Waals surface area contributed by atoms with E-state index in [4.69, 9.17) is 4.74 Å². The highest BCUT2D eigenvalue weighted by Gasteiger charge is 2.13. The number of anilines is 1. The van der Waals surface area contributed by atoms with Gasteiger partial charge in [-0.15, -0.1) is 0 Å². The standard InChI is InChI=1S/C11H18FN3O/c1-4-8(6-16-3)15-11-10(12)9(5-2)13-7-14-11/h7-8H,4-6H2,1-3H3,(H,13,14,15). The van der Waals surface area contributed by atoms with E-state index in [1.165, 1.54) is 6.33 Å². The fraction of sp³-hybridized carbons (Fsp3) is 0.636. The normalized spacial score (nSPS) is 12.5. The first-order valence-electron chi connectivity index (χ1n) is 5.47. The van der Waals surface area contributed by atoms with Crippen LogP contribution in [0.4, 0.5) is 10.2 Å². The first-order chi connectivity index (χ1) is 7.72. The maximum atomic E-state index is 13.8. The van der Waals surface area contributed by atoms with E-state index in [0.29, 0.717) is 18.7 Å². The lowest BCUT2D eigenvalue weighted by Gasteiger charge is -2.17. The third-order valence-corrected chi connectivity index (χ3v) is 2.40. The fourth-order valence-electron chi connectivity index (χ4n) is 1.41. The van der Waals surface area contributed by atoms with Gasteiger partial charge in [-0.2, -0.15) is 0 Å². The molecule has 0 saturated carbocycles. The number of nitrogens with zero attached hydrogens (tertiary/aromatic N) is 2. The van der Waals surface area contributed by atoms with Gasteiger partial charge in [-0.25, -0.2) is 14.4 Å². The lowest BCUT2D eigenvalue weighted by Crippen LogP contribution is -2.25. The van der Waals surface area contributed by atoms with Gasteiger partial charge in [0.15, 0.2) is 11.6 Å². The Morgan fingerprint density at radius 3 is 2.75 bits per heavy atom. The Labute approximate surface area is 95.3 Å². The minimum Gasteiger partial charge on any atom is -0.383 e. The molecule has 0 saturated heterocycles. The first kappa shape index (κ1) is 12.8. The van der Waals surface area contributed by atoms with Gasteiger partial charge >= 0.3 is 0 Å². The molecule has 0 fully saturated rings. The summed E-state index contributed by atoms with van der Waals surface area (Å²) in [7, 11) is 1.62. The van der Waals surface area contributed by atoms with Crippen LogP contribution in [0.3, 0.4) is 0 Å². The van der Waals surface area contributed by atoms with Crippen LogP contribution in [0.15, 0.2) is 6.33 Å². The molecule has 0 aliphatic heterocycles. The third kappa shape index (κ3) is 3.13. The molecule has 0 bridgehead atoms. The van der Waals surface area contributed by atoms with Crippen LogP contribution in [0.25, 0.3) is 0 Å². The van der Waals surface area contributed by atoms with Crippen molar-refractivity contribution in [2.75, 3.05) is 19.0 Å². The average molecular weight is 227 g/mol. The van der Waals surface area contributed by atoms with E-state index in [0.717, 1.165) is 6.42 Å². The van der Waals surface area contributed by atoms with Gasteiger partial charge in [0.1, 0.15) is 6.33 Å². The van der Waals surface area contributed by atoms with Gasteiger partial charge in [0.05, 0.1) is 18.3 Å². The fourth-order valence-corrected chi connectivity index (χ4v) is 1.41. The molecule has 0 amide bonds. The summed E-state index contributed by atoms with van der Waals surface area (Å²) in [5, 5.41) is 3.02. The largest absolute Gasteiger partial charge is 0.383 e. The molecule has 1 N–H and O–H groups in total.